The summed E-state index contributed by atoms with van der Waals surface area (Å²) in [6.07, 6.45) is 0. The van der Waals surface area contributed by atoms with E-state index in [1.807, 2.05) is 0 Å². The lowest BCUT2D eigenvalue weighted by Crippen LogP contribution is -2.24. The molecule has 0 bridgehead atoms. The van der Waals surface area contributed by atoms with Crippen molar-refractivity contribution in [2.24, 2.45) is 0 Å². The molecule has 15 rings (SSSR count). The van der Waals surface area contributed by atoms with E-state index in [1.165, 1.54) is 122 Å². The smallest absolute Gasteiger partial charge is 0.144 e. The van der Waals surface area contributed by atoms with Gasteiger partial charge in [-0.05, 0) is 152 Å². The summed E-state index contributed by atoms with van der Waals surface area (Å²) in [6, 6.07) is 67.5. The van der Waals surface area contributed by atoms with E-state index in [2.05, 4.69) is 249 Å². The second-order valence-electron chi connectivity index (χ2n) is 23.3. The van der Waals surface area contributed by atoms with Gasteiger partial charge in [0.2, 0.25) is 0 Å². The normalized spacial score (nSPS) is 15.1. The molecule has 3 aliphatic carbocycles. The zero-order valence-corrected chi connectivity index (χ0v) is 44.1. The third-order valence-electron chi connectivity index (χ3n) is 17.8. The van der Waals surface area contributed by atoms with Gasteiger partial charge in [-0.2, -0.15) is 0 Å². The molecule has 12 aromatic rings. The summed E-state index contributed by atoms with van der Waals surface area (Å²) in [5, 5.41) is 4.72. The van der Waals surface area contributed by atoms with Gasteiger partial charge in [-0.15, -0.1) is 0 Å². The number of rotatable bonds is 5. The maximum Gasteiger partial charge on any atom is 0.144 e. The van der Waals surface area contributed by atoms with E-state index >= 15 is 0 Å². The van der Waals surface area contributed by atoms with Crippen molar-refractivity contribution in [3.05, 3.63) is 232 Å². The van der Waals surface area contributed by atoms with Gasteiger partial charge in [0.25, 0.3) is 0 Å². The van der Waals surface area contributed by atoms with E-state index in [4.69, 9.17) is 8.83 Å². The van der Waals surface area contributed by atoms with E-state index in [1.54, 1.807) is 0 Å². The molecule has 2 aromatic heterocycles. The van der Waals surface area contributed by atoms with Crippen LogP contribution in [-0.2, 0) is 16.2 Å². The Morgan fingerprint density at radius 2 is 0.853 bits per heavy atom. The molecule has 0 saturated heterocycles. The Bertz CT molecular complexity index is 4450. The molecule has 0 N–H and O–H groups in total. The van der Waals surface area contributed by atoms with Gasteiger partial charge in [0.1, 0.15) is 22.3 Å². The molecule has 0 saturated carbocycles. The highest BCUT2D eigenvalue weighted by Gasteiger charge is 2.49. The van der Waals surface area contributed by atoms with Gasteiger partial charge in [0, 0.05) is 60.3 Å². The predicted molar refractivity (Wildman–Crippen MR) is 313 cm³/mol. The molecule has 0 amide bonds. The summed E-state index contributed by atoms with van der Waals surface area (Å²) < 4.78 is 14.0. The Morgan fingerprint density at radius 1 is 0.360 bits per heavy atom. The van der Waals surface area contributed by atoms with E-state index in [0.717, 1.165) is 44.7 Å². The second-order valence-corrected chi connectivity index (χ2v) is 23.3. The standard InChI is InChI=1S/C72H57NO2/c1-40-35-41(2)67(42(3)36-40)73(45-32-34-50-56(38-45)72(8,9)65-61(50)63-52-27-17-20-30-59(52)75-69(63)64-48-25-15-18-28-54(48)71(6,7)66(64)65)44-31-33-49-55(37-44)70(4,5)57-39-53(47-24-14-13-23-46(47)43-21-11-10-12-22-43)68-62(60(49)57)51-26-16-19-29-58(51)74-68/h10-39H,1-9H3. The Morgan fingerprint density at radius 3 is 1.52 bits per heavy atom. The van der Waals surface area contributed by atoms with Gasteiger partial charge < -0.3 is 13.7 Å². The fourth-order valence-electron chi connectivity index (χ4n) is 14.6. The summed E-state index contributed by atoms with van der Waals surface area (Å²) in [4.78, 5) is 2.56. The number of aryl methyl sites for hydroxylation is 3. The third-order valence-corrected chi connectivity index (χ3v) is 17.8. The Hall–Kier alpha value is -8.40. The van der Waals surface area contributed by atoms with Crippen LogP contribution in [0.4, 0.5) is 17.1 Å². The van der Waals surface area contributed by atoms with Crippen molar-refractivity contribution in [1.82, 2.24) is 0 Å². The molecule has 0 spiro atoms. The van der Waals surface area contributed by atoms with Crippen molar-refractivity contribution in [3.8, 4) is 55.6 Å². The maximum absolute atomic E-state index is 7.02. The molecule has 0 unspecified atom stereocenters. The lowest BCUT2D eigenvalue weighted by Gasteiger charge is -2.33. The van der Waals surface area contributed by atoms with Crippen LogP contribution in [0.3, 0.4) is 0 Å². The molecule has 3 aliphatic rings. The van der Waals surface area contributed by atoms with Gasteiger partial charge >= 0.3 is 0 Å². The molecule has 75 heavy (non-hydrogen) atoms. The number of anilines is 3. The summed E-state index contributed by atoms with van der Waals surface area (Å²) in [6.45, 7) is 21.4. The van der Waals surface area contributed by atoms with E-state index in [0.29, 0.717) is 0 Å². The number of hydrogen-bond acceptors (Lipinski definition) is 3. The molecule has 10 aromatic carbocycles. The van der Waals surface area contributed by atoms with Crippen LogP contribution in [0, 0.1) is 20.8 Å². The summed E-state index contributed by atoms with van der Waals surface area (Å²) >= 11 is 0. The largest absolute Gasteiger partial charge is 0.455 e. The van der Waals surface area contributed by atoms with Gasteiger partial charge in [0.15, 0.2) is 0 Å². The minimum Gasteiger partial charge on any atom is -0.455 e. The van der Waals surface area contributed by atoms with Crippen molar-refractivity contribution in [1.29, 1.82) is 0 Å². The number of hydrogen-bond donors (Lipinski definition) is 0. The summed E-state index contributed by atoms with van der Waals surface area (Å²) in [5.74, 6) is 0. The molecule has 0 atom stereocenters. The molecular formula is C72H57NO2. The van der Waals surface area contributed by atoms with Crippen LogP contribution >= 0.6 is 0 Å². The van der Waals surface area contributed by atoms with Crippen LogP contribution in [0.1, 0.15) is 91.6 Å². The van der Waals surface area contributed by atoms with Gasteiger partial charge in [-0.25, -0.2) is 0 Å². The van der Waals surface area contributed by atoms with Crippen LogP contribution in [0.15, 0.2) is 191 Å². The molecule has 0 radical (unpaired) electrons. The Balaban J connectivity index is 0.954. The van der Waals surface area contributed by atoms with E-state index in [9.17, 15) is 0 Å². The van der Waals surface area contributed by atoms with Crippen molar-refractivity contribution in [2.75, 3.05) is 4.90 Å². The first-order valence-electron chi connectivity index (χ1n) is 26.7. The SMILES string of the molecule is Cc1cc(C)c(N(c2ccc3c(c2)C(C)(C)c2cc(-c4ccccc4-c4ccccc4)c4oc5ccccc5c4c2-3)c2ccc3c(c2)C(C)(C)c2c4c(c5oc6ccccc6c5c2-3)-c2ccccc2C4(C)C)c(C)c1. The topological polar surface area (TPSA) is 29.5 Å². The Kier molecular flexibility index (Phi) is 8.89. The fraction of sp³-hybridized carbons (Fsp3) is 0.167. The molecule has 2 heterocycles. The first-order chi connectivity index (χ1) is 36.2. The van der Waals surface area contributed by atoms with E-state index < -0.39 is 0 Å². The van der Waals surface area contributed by atoms with Crippen molar-refractivity contribution in [3.63, 3.8) is 0 Å². The van der Waals surface area contributed by atoms with Gasteiger partial charge in [-0.3, -0.25) is 0 Å². The lowest BCUT2D eigenvalue weighted by atomic mass is 9.72. The van der Waals surface area contributed by atoms with E-state index in [-0.39, 0.29) is 16.2 Å². The third kappa shape index (κ3) is 5.82. The summed E-state index contributed by atoms with van der Waals surface area (Å²) in [7, 11) is 0. The lowest BCUT2D eigenvalue weighted by molar-refractivity contribution is 0.600. The monoisotopic (exact) mass is 967 g/mol. The van der Waals surface area contributed by atoms with Crippen LogP contribution in [0.5, 0.6) is 0 Å². The Labute approximate surface area is 438 Å². The van der Waals surface area contributed by atoms with Crippen molar-refractivity contribution >= 4 is 60.9 Å². The predicted octanol–water partition coefficient (Wildman–Crippen LogP) is 20.1. The highest BCUT2D eigenvalue weighted by Crippen LogP contribution is 2.64. The van der Waals surface area contributed by atoms with Crippen LogP contribution in [0.25, 0.3) is 99.5 Å². The molecule has 362 valence electrons. The van der Waals surface area contributed by atoms with Gasteiger partial charge in [0.05, 0.1) is 5.69 Å². The fourth-order valence-corrected chi connectivity index (χ4v) is 14.6. The molecule has 0 aliphatic heterocycles. The first kappa shape index (κ1) is 44.1. The number of benzene rings is 10. The van der Waals surface area contributed by atoms with Crippen molar-refractivity contribution < 1.29 is 8.83 Å². The highest BCUT2D eigenvalue weighted by atomic mass is 16.3. The average molecular weight is 968 g/mol. The van der Waals surface area contributed by atoms with Crippen LogP contribution < -0.4 is 4.90 Å². The minimum absolute atomic E-state index is 0.233. The maximum atomic E-state index is 7.02. The van der Waals surface area contributed by atoms with Gasteiger partial charge in [-0.1, -0.05) is 187 Å². The molecular weight excluding hydrogens is 911 g/mol. The minimum atomic E-state index is -0.349. The zero-order valence-electron chi connectivity index (χ0n) is 44.1. The number of para-hydroxylation sites is 2. The van der Waals surface area contributed by atoms with Crippen LogP contribution in [0.2, 0.25) is 0 Å². The molecule has 3 nitrogen and oxygen atoms in total. The second kappa shape index (κ2) is 15.1. The first-order valence-corrected chi connectivity index (χ1v) is 26.7. The summed E-state index contributed by atoms with van der Waals surface area (Å²) in [5.41, 5.74) is 30.5. The highest BCUT2D eigenvalue weighted by molar-refractivity contribution is 6.22. The van der Waals surface area contributed by atoms with Crippen molar-refractivity contribution in [2.45, 2.75) is 78.6 Å². The quantitative estimate of drug-likeness (QED) is 0.172. The molecule has 3 heteroatoms. The zero-order chi connectivity index (χ0) is 51.0. The number of fused-ring (bicyclic) bond motifs is 19. The average Bonchev–Trinajstić information content (AvgIpc) is 4.23. The van der Waals surface area contributed by atoms with Crippen LogP contribution in [-0.4, -0.2) is 0 Å². The number of nitrogens with zero attached hydrogens (tertiary/aromatic N) is 1. The molecule has 0 fully saturated rings. The number of furan rings is 2.